The molecule has 0 amide bonds. The summed E-state index contributed by atoms with van der Waals surface area (Å²) in [5.74, 6) is -0.719. The van der Waals surface area contributed by atoms with Gasteiger partial charge in [-0.2, -0.15) is 0 Å². The van der Waals surface area contributed by atoms with Gasteiger partial charge >= 0.3 is 5.97 Å². The van der Waals surface area contributed by atoms with Crippen LogP contribution in [0, 0.1) is 0 Å². The number of carboxylic acids is 1. The number of allylic oxidation sites excluding steroid dienone is 2. The number of unbranched alkanes of at least 4 members (excludes halogenated alkanes) is 3. The lowest BCUT2D eigenvalue weighted by Crippen LogP contribution is -2.12. The van der Waals surface area contributed by atoms with Crippen LogP contribution in [0.15, 0.2) is 12.2 Å². The molecule has 0 fully saturated rings. The second-order valence-electron chi connectivity index (χ2n) is 3.94. The minimum atomic E-state index is -0.719. The quantitative estimate of drug-likeness (QED) is 0.345. The molecule has 4 heteroatoms. The molecule has 1 N–H and O–H groups in total. The molecular weight excluding hydrogens is 220 g/mol. The van der Waals surface area contributed by atoms with Crippen molar-refractivity contribution in [3.63, 3.8) is 0 Å². The fourth-order valence-corrected chi connectivity index (χ4v) is 1.51. The zero-order valence-corrected chi connectivity index (χ0v) is 10.9. The summed E-state index contributed by atoms with van der Waals surface area (Å²) in [7, 11) is 3.30. The Morgan fingerprint density at radius 2 is 1.71 bits per heavy atom. The van der Waals surface area contributed by atoms with E-state index in [1.807, 2.05) is 0 Å². The predicted octanol–water partition coefficient (Wildman–Crippen LogP) is 2.98. The van der Waals surface area contributed by atoms with Crippen molar-refractivity contribution in [2.24, 2.45) is 0 Å². The minimum absolute atomic E-state index is 0.0884. The van der Waals surface area contributed by atoms with Gasteiger partial charge in [0.1, 0.15) is 0 Å². The average Bonchev–Trinajstić information content (AvgIpc) is 2.31. The molecule has 0 spiro atoms. The van der Waals surface area contributed by atoms with E-state index in [0.717, 1.165) is 38.5 Å². The van der Waals surface area contributed by atoms with Crippen LogP contribution in [0.1, 0.15) is 44.9 Å². The van der Waals surface area contributed by atoms with Crippen LogP contribution < -0.4 is 0 Å². The lowest BCUT2D eigenvalue weighted by Gasteiger charge is -2.11. The summed E-state index contributed by atoms with van der Waals surface area (Å²) in [4.78, 5) is 10.2. The number of ether oxygens (including phenoxy) is 2. The van der Waals surface area contributed by atoms with Crippen LogP contribution in [-0.2, 0) is 14.3 Å². The van der Waals surface area contributed by atoms with Gasteiger partial charge in [0.2, 0.25) is 0 Å². The van der Waals surface area contributed by atoms with Crippen molar-refractivity contribution in [3.05, 3.63) is 12.2 Å². The normalized spacial score (nSPS) is 11.5. The fourth-order valence-electron chi connectivity index (χ4n) is 1.51. The van der Waals surface area contributed by atoms with Crippen molar-refractivity contribution in [2.45, 2.75) is 51.2 Å². The first-order valence-corrected chi connectivity index (χ1v) is 6.13. The Morgan fingerprint density at radius 1 is 1.12 bits per heavy atom. The van der Waals surface area contributed by atoms with E-state index < -0.39 is 5.97 Å². The first-order chi connectivity index (χ1) is 8.20. The van der Waals surface area contributed by atoms with Crippen molar-refractivity contribution in [3.8, 4) is 0 Å². The van der Waals surface area contributed by atoms with E-state index >= 15 is 0 Å². The molecule has 4 nitrogen and oxygen atoms in total. The average molecular weight is 244 g/mol. The minimum Gasteiger partial charge on any atom is -0.481 e. The van der Waals surface area contributed by atoms with Gasteiger partial charge in [-0.1, -0.05) is 12.2 Å². The Bertz CT molecular complexity index is 209. The van der Waals surface area contributed by atoms with Gasteiger partial charge in [0, 0.05) is 20.6 Å². The number of carbonyl (C=O) groups is 1. The van der Waals surface area contributed by atoms with Crippen LogP contribution in [0.5, 0.6) is 0 Å². The standard InChI is InChI=1S/C13H24O4/c1-16-13(17-2)11-9-7-5-3-4-6-8-10-12(14)15/h3-4,13H,5-11H2,1-2H3,(H,14,15)/b4-3-. The SMILES string of the molecule is COC(CCCC/C=C\CCCC(=O)O)OC. The van der Waals surface area contributed by atoms with E-state index in [2.05, 4.69) is 12.2 Å². The lowest BCUT2D eigenvalue weighted by atomic mass is 10.1. The fraction of sp³-hybridized carbons (Fsp3) is 0.769. The summed E-state index contributed by atoms with van der Waals surface area (Å²) in [5.41, 5.74) is 0. The summed E-state index contributed by atoms with van der Waals surface area (Å²) >= 11 is 0. The van der Waals surface area contributed by atoms with Gasteiger partial charge < -0.3 is 14.6 Å². The smallest absolute Gasteiger partial charge is 0.303 e. The molecule has 100 valence electrons. The first kappa shape index (κ1) is 16.1. The van der Waals surface area contributed by atoms with Crippen molar-refractivity contribution in [2.75, 3.05) is 14.2 Å². The summed E-state index contributed by atoms with van der Waals surface area (Å²) in [6.07, 6.45) is 10.1. The van der Waals surface area contributed by atoms with Crippen molar-refractivity contribution in [1.82, 2.24) is 0 Å². The van der Waals surface area contributed by atoms with Gasteiger partial charge in [-0.15, -0.1) is 0 Å². The maximum atomic E-state index is 10.2. The third-order valence-corrected chi connectivity index (χ3v) is 2.51. The van der Waals surface area contributed by atoms with Crippen molar-refractivity contribution in [1.29, 1.82) is 0 Å². The van der Waals surface area contributed by atoms with Gasteiger partial charge in [0.25, 0.3) is 0 Å². The zero-order valence-electron chi connectivity index (χ0n) is 10.9. The molecule has 0 bridgehead atoms. The maximum Gasteiger partial charge on any atom is 0.303 e. The molecular formula is C13H24O4. The molecule has 0 saturated heterocycles. The van der Waals surface area contributed by atoms with E-state index in [1.54, 1.807) is 14.2 Å². The number of rotatable bonds is 11. The van der Waals surface area contributed by atoms with Crippen LogP contribution in [-0.4, -0.2) is 31.6 Å². The largest absolute Gasteiger partial charge is 0.481 e. The molecule has 17 heavy (non-hydrogen) atoms. The number of aliphatic carboxylic acids is 1. The van der Waals surface area contributed by atoms with Crippen molar-refractivity contribution >= 4 is 5.97 Å². The van der Waals surface area contributed by atoms with E-state index in [1.165, 1.54) is 0 Å². The highest BCUT2D eigenvalue weighted by Crippen LogP contribution is 2.07. The number of hydrogen-bond donors (Lipinski definition) is 1. The number of hydrogen-bond acceptors (Lipinski definition) is 3. The van der Waals surface area contributed by atoms with Gasteiger partial charge in [-0.3, -0.25) is 4.79 Å². The van der Waals surface area contributed by atoms with E-state index in [0.29, 0.717) is 0 Å². The third kappa shape index (κ3) is 11.4. The maximum absolute atomic E-state index is 10.2. The highest BCUT2D eigenvalue weighted by molar-refractivity contribution is 5.66. The molecule has 0 aliphatic heterocycles. The Hall–Kier alpha value is -0.870. The molecule has 0 atom stereocenters. The molecule has 0 aromatic rings. The first-order valence-electron chi connectivity index (χ1n) is 6.13. The molecule has 0 rings (SSSR count). The van der Waals surface area contributed by atoms with Crippen LogP contribution in [0.2, 0.25) is 0 Å². The summed E-state index contributed by atoms with van der Waals surface area (Å²) in [6, 6.07) is 0. The highest BCUT2D eigenvalue weighted by Gasteiger charge is 2.02. The summed E-state index contributed by atoms with van der Waals surface area (Å²) in [5, 5.41) is 8.44. The Labute approximate surface area is 104 Å². The van der Waals surface area contributed by atoms with E-state index in [-0.39, 0.29) is 12.7 Å². The zero-order chi connectivity index (χ0) is 12.9. The second-order valence-corrected chi connectivity index (χ2v) is 3.94. The second kappa shape index (κ2) is 11.6. The lowest BCUT2D eigenvalue weighted by molar-refractivity contribution is -0.137. The third-order valence-electron chi connectivity index (χ3n) is 2.51. The van der Waals surface area contributed by atoms with E-state index in [9.17, 15) is 4.79 Å². The Balaban J connectivity index is 3.27. The van der Waals surface area contributed by atoms with Gasteiger partial charge in [-0.25, -0.2) is 0 Å². The van der Waals surface area contributed by atoms with E-state index in [4.69, 9.17) is 14.6 Å². The van der Waals surface area contributed by atoms with Gasteiger partial charge in [0.05, 0.1) is 0 Å². The number of carboxylic acid groups (broad SMARTS) is 1. The van der Waals surface area contributed by atoms with Crippen LogP contribution >= 0.6 is 0 Å². The van der Waals surface area contributed by atoms with Crippen molar-refractivity contribution < 1.29 is 19.4 Å². The monoisotopic (exact) mass is 244 g/mol. The van der Waals surface area contributed by atoms with Crippen LogP contribution in [0.3, 0.4) is 0 Å². The molecule has 0 aliphatic carbocycles. The molecule has 0 heterocycles. The molecule has 0 radical (unpaired) electrons. The van der Waals surface area contributed by atoms with Gasteiger partial charge in [-0.05, 0) is 38.5 Å². The van der Waals surface area contributed by atoms with Crippen LogP contribution in [0.4, 0.5) is 0 Å². The topological polar surface area (TPSA) is 55.8 Å². The molecule has 0 aromatic heterocycles. The number of methoxy groups -OCH3 is 2. The predicted molar refractivity (Wildman–Crippen MR) is 66.9 cm³/mol. The molecule has 0 unspecified atom stereocenters. The molecule has 0 saturated carbocycles. The summed E-state index contributed by atoms with van der Waals surface area (Å²) < 4.78 is 10.2. The molecule has 0 aromatic carbocycles. The highest BCUT2D eigenvalue weighted by atomic mass is 16.7. The van der Waals surface area contributed by atoms with Crippen LogP contribution in [0.25, 0.3) is 0 Å². The Kier molecular flexibility index (Phi) is 11.0. The Morgan fingerprint density at radius 3 is 2.24 bits per heavy atom. The van der Waals surface area contributed by atoms with Gasteiger partial charge in [0.15, 0.2) is 6.29 Å². The summed E-state index contributed by atoms with van der Waals surface area (Å²) in [6.45, 7) is 0. The molecule has 0 aliphatic rings.